The number of hydrogen-bond acceptors (Lipinski definition) is 5. The zero-order valence-electron chi connectivity index (χ0n) is 7.61. The first-order valence-electron chi connectivity index (χ1n) is 3.86. The molecule has 0 saturated heterocycles. The number of nitrogens with one attached hydrogen (secondary N) is 1. The smallest absolute Gasteiger partial charge is 0.205 e. The lowest BCUT2D eigenvalue weighted by atomic mass is 10.3. The second-order valence-corrected chi connectivity index (χ2v) is 3.88. The Bertz CT molecular complexity index is 209. The first-order valence-corrected chi connectivity index (χ1v) is 4.74. The van der Waals surface area contributed by atoms with Crippen LogP contribution >= 0.6 is 11.3 Å². The molecule has 0 bridgehead atoms. The van der Waals surface area contributed by atoms with Crippen LogP contribution in [0, 0.1) is 0 Å². The van der Waals surface area contributed by atoms with Gasteiger partial charge in [-0.2, -0.15) is 0 Å². The summed E-state index contributed by atoms with van der Waals surface area (Å²) < 4.78 is 0. The highest BCUT2D eigenvalue weighted by atomic mass is 32.1. The number of likely N-dealkylation sites (N-methyl/N-ethyl adjacent to an activating group) is 1. The molecule has 1 atom stereocenters. The zero-order valence-corrected chi connectivity index (χ0v) is 8.43. The molecule has 1 aromatic heterocycles. The van der Waals surface area contributed by atoms with Crippen molar-refractivity contribution in [2.24, 2.45) is 0 Å². The number of aromatic nitrogens is 2. The molecule has 0 aliphatic heterocycles. The van der Waals surface area contributed by atoms with Crippen LogP contribution in [0.4, 0.5) is 5.13 Å². The van der Waals surface area contributed by atoms with Crippen molar-refractivity contribution in [3.8, 4) is 0 Å². The van der Waals surface area contributed by atoms with E-state index in [4.69, 9.17) is 0 Å². The van der Waals surface area contributed by atoms with Gasteiger partial charge in [0.05, 0.1) is 0 Å². The fourth-order valence-electron chi connectivity index (χ4n) is 1.04. The van der Waals surface area contributed by atoms with Gasteiger partial charge in [-0.3, -0.25) is 0 Å². The Morgan fingerprint density at radius 3 is 2.92 bits per heavy atom. The molecule has 12 heavy (non-hydrogen) atoms. The molecule has 1 aromatic rings. The number of nitrogens with zero attached hydrogens (tertiary/aromatic N) is 3. The molecule has 0 aromatic carbocycles. The number of hydrogen-bond donors (Lipinski definition) is 1. The van der Waals surface area contributed by atoms with E-state index in [0.29, 0.717) is 6.04 Å². The molecule has 4 nitrogen and oxygen atoms in total. The van der Waals surface area contributed by atoms with Gasteiger partial charge in [0.15, 0.2) is 0 Å². The monoisotopic (exact) mass is 186 g/mol. The summed E-state index contributed by atoms with van der Waals surface area (Å²) in [6, 6.07) is 0.410. The van der Waals surface area contributed by atoms with Gasteiger partial charge in [-0.1, -0.05) is 11.3 Å². The Hall–Kier alpha value is -0.680. The molecule has 0 aliphatic rings. The summed E-state index contributed by atoms with van der Waals surface area (Å²) in [6.07, 6.45) is 0. The van der Waals surface area contributed by atoms with Crippen LogP contribution in [0.1, 0.15) is 6.92 Å². The van der Waals surface area contributed by atoms with Gasteiger partial charge in [0.2, 0.25) is 5.13 Å². The Morgan fingerprint density at radius 2 is 2.42 bits per heavy atom. The summed E-state index contributed by atoms with van der Waals surface area (Å²) in [7, 11) is 4.11. The summed E-state index contributed by atoms with van der Waals surface area (Å²) in [5, 5.41) is 11.8. The highest BCUT2D eigenvalue weighted by molar-refractivity contribution is 7.13. The van der Waals surface area contributed by atoms with Crippen molar-refractivity contribution >= 4 is 16.5 Å². The fraction of sp³-hybridized carbons (Fsp3) is 0.714. The molecular weight excluding hydrogens is 172 g/mol. The molecule has 68 valence electrons. The summed E-state index contributed by atoms with van der Waals surface area (Å²) in [6.45, 7) is 3.13. The summed E-state index contributed by atoms with van der Waals surface area (Å²) in [4.78, 5) is 2.14. The van der Waals surface area contributed by atoms with E-state index >= 15 is 0 Å². The third-order valence-electron chi connectivity index (χ3n) is 1.37. The van der Waals surface area contributed by atoms with Gasteiger partial charge in [0, 0.05) is 12.6 Å². The second kappa shape index (κ2) is 4.37. The predicted molar refractivity (Wildman–Crippen MR) is 51.5 cm³/mol. The predicted octanol–water partition coefficient (Wildman–Crippen LogP) is 0.900. The van der Waals surface area contributed by atoms with Crippen molar-refractivity contribution in [2.45, 2.75) is 13.0 Å². The first kappa shape index (κ1) is 9.41. The lowest BCUT2D eigenvalue weighted by Gasteiger charge is -2.17. The zero-order chi connectivity index (χ0) is 8.97. The molecule has 0 aliphatic carbocycles. The maximum atomic E-state index is 3.90. The van der Waals surface area contributed by atoms with Crippen LogP contribution in [-0.4, -0.2) is 41.8 Å². The molecule has 0 spiro atoms. The Kier molecular flexibility index (Phi) is 3.43. The Balaban J connectivity index is 2.32. The van der Waals surface area contributed by atoms with E-state index in [1.54, 1.807) is 5.51 Å². The van der Waals surface area contributed by atoms with Crippen LogP contribution in [0.5, 0.6) is 0 Å². The topological polar surface area (TPSA) is 41.0 Å². The molecule has 0 saturated carbocycles. The lowest BCUT2D eigenvalue weighted by molar-refractivity contribution is 0.392. The molecule has 5 heteroatoms. The number of anilines is 1. The van der Waals surface area contributed by atoms with E-state index in [1.165, 1.54) is 11.3 Å². The standard InChI is InChI=1S/C7H14N4S/c1-6(4-11(2)3)9-7-10-8-5-12-7/h5-6H,4H2,1-3H3,(H,9,10). The van der Waals surface area contributed by atoms with Gasteiger partial charge in [0.25, 0.3) is 0 Å². The molecule has 0 fully saturated rings. The van der Waals surface area contributed by atoms with Crippen LogP contribution in [0.15, 0.2) is 5.51 Å². The minimum absolute atomic E-state index is 0.410. The molecule has 1 unspecified atom stereocenters. The Labute approximate surface area is 76.6 Å². The molecule has 0 radical (unpaired) electrons. The maximum absolute atomic E-state index is 3.90. The van der Waals surface area contributed by atoms with Gasteiger partial charge < -0.3 is 10.2 Å². The normalized spacial score (nSPS) is 13.3. The van der Waals surface area contributed by atoms with E-state index < -0.39 is 0 Å². The Morgan fingerprint density at radius 1 is 1.67 bits per heavy atom. The molecular formula is C7H14N4S. The fourth-order valence-corrected chi connectivity index (χ4v) is 1.60. The van der Waals surface area contributed by atoms with Crippen molar-refractivity contribution in [1.82, 2.24) is 15.1 Å². The molecule has 1 rings (SSSR count). The molecule has 1 heterocycles. The summed E-state index contributed by atoms with van der Waals surface area (Å²) >= 11 is 1.53. The SMILES string of the molecule is CC(CN(C)C)Nc1nncs1. The van der Waals surface area contributed by atoms with Crippen LogP contribution < -0.4 is 5.32 Å². The maximum Gasteiger partial charge on any atom is 0.205 e. The van der Waals surface area contributed by atoms with Crippen molar-refractivity contribution < 1.29 is 0 Å². The quantitative estimate of drug-likeness (QED) is 0.758. The summed E-state index contributed by atoms with van der Waals surface area (Å²) in [5.74, 6) is 0. The van der Waals surface area contributed by atoms with E-state index in [-0.39, 0.29) is 0 Å². The minimum atomic E-state index is 0.410. The summed E-state index contributed by atoms with van der Waals surface area (Å²) in [5.41, 5.74) is 1.73. The van der Waals surface area contributed by atoms with Gasteiger partial charge in [-0.15, -0.1) is 10.2 Å². The van der Waals surface area contributed by atoms with Gasteiger partial charge >= 0.3 is 0 Å². The molecule has 0 amide bonds. The second-order valence-electron chi connectivity index (χ2n) is 3.05. The lowest BCUT2D eigenvalue weighted by Crippen LogP contribution is -2.29. The van der Waals surface area contributed by atoms with Gasteiger partial charge in [0.1, 0.15) is 5.51 Å². The van der Waals surface area contributed by atoms with E-state index in [2.05, 4.69) is 41.4 Å². The molecule has 1 N–H and O–H groups in total. The third kappa shape index (κ3) is 3.15. The number of rotatable bonds is 4. The van der Waals surface area contributed by atoms with Crippen LogP contribution in [-0.2, 0) is 0 Å². The third-order valence-corrected chi connectivity index (χ3v) is 1.99. The average molecular weight is 186 g/mol. The van der Waals surface area contributed by atoms with E-state index in [9.17, 15) is 0 Å². The highest BCUT2D eigenvalue weighted by Gasteiger charge is 2.04. The van der Waals surface area contributed by atoms with Gasteiger partial charge in [-0.05, 0) is 21.0 Å². The van der Waals surface area contributed by atoms with Crippen molar-refractivity contribution in [2.75, 3.05) is 26.0 Å². The van der Waals surface area contributed by atoms with Crippen LogP contribution in [0.25, 0.3) is 0 Å². The average Bonchev–Trinajstić information content (AvgIpc) is 2.37. The highest BCUT2D eigenvalue weighted by Crippen LogP contribution is 2.09. The van der Waals surface area contributed by atoms with Crippen molar-refractivity contribution in [3.05, 3.63) is 5.51 Å². The van der Waals surface area contributed by atoms with E-state index in [1.807, 2.05) is 0 Å². The van der Waals surface area contributed by atoms with Crippen molar-refractivity contribution in [1.29, 1.82) is 0 Å². The van der Waals surface area contributed by atoms with Gasteiger partial charge in [-0.25, -0.2) is 0 Å². The van der Waals surface area contributed by atoms with Crippen LogP contribution in [0.3, 0.4) is 0 Å². The van der Waals surface area contributed by atoms with E-state index in [0.717, 1.165) is 11.7 Å². The largest absolute Gasteiger partial charge is 0.356 e. The minimum Gasteiger partial charge on any atom is -0.356 e. The van der Waals surface area contributed by atoms with Crippen molar-refractivity contribution in [3.63, 3.8) is 0 Å². The first-order chi connectivity index (χ1) is 5.68. The van der Waals surface area contributed by atoms with Crippen LogP contribution in [0.2, 0.25) is 0 Å².